The molecule has 1 rings (SSSR count). The van der Waals surface area contributed by atoms with Crippen molar-refractivity contribution in [1.29, 1.82) is 0 Å². The number of hydrogen-bond acceptors (Lipinski definition) is 2. The third kappa shape index (κ3) is 6.50. The van der Waals surface area contributed by atoms with Crippen molar-refractivity contribution in [2.75, 3.05) is 6.54 Å². The third-order valence-corrected chi connectivity index (χ3v) is 2.69. The monoisotopic (exact) mass is 215 g/mol. The van der Waals surface area contributed by atoms with Gasteiger partial charge in [0.1, 0.15) is 0 Å². The molecule has 3 nitrogen and oxygen atoms in total. The van der Waals surface area contributed by atoms with Crippen LogP contribution < -0.4 is 5.32 Å². The fraction of sp³-hybridized carbons (Fsp3) is 0.917. The summed E-state index contributed by atoms with van der Waals surface area (Å²) in [6.45, 7) is 7.21. The molecule has 0 radical (unpaired) electrons. The molecular formula is C12H25NO2. The molecule has 0 bridgehead atoms. The first-order valence-electron chi connectivity index (χ1n) is 6.17. The molecule has 1 aliphatic carbocycles. The van der Waals surface area contributed by atoms with Gasteiger partial charge < -0.3 is 10.4 Å². The Morgan fingerprint density at radius 3 is 2.60 bits per heavy atom. The lowest BCUT2D eigenvalue weighted by Crippen LogP contribution is -2.27. The fourth-order valence-electron chi connectivity index (χ4n) is 2.04. The summed E-state index contributed by atoms with van der Waals surface area (Å²) in [5, 5.41) is 12.1. The maximum atomic E-state index is 10.5. The number of hydrogen-bond donors (Lipinski definition) is 2. The van der Waals surface area contributed by atoms with Crippen LogP contribution in [0, 0.1) is 5.92 Å². The Morgan fingerprint density at radius 1 is 1.40 bits per heavy atom. The maximum absolute atomic E-state index is 10.5. The maximum Gasteiger partial charge on any atom is 0.303 e. The molecular weight excluding hydrogens is 190 g/mol. The lowest BCUT2D eigenvalue weighted by atomic mass is 10.0. The minimum absolute atomic E-state index is 0.351. The Labute approximate surface area is 93.3 Å². The zero-order valence-electron chi connectivity index (χ0n) is 10.3. The molecule has 90 valence electrons. The fourth-order valence-corrected chi connectivity index (χ4v) is 2.04. The molecule has 2 N–H and O–H groups in total. The van der Waals surface area contributed by atoms with E-state index in [1.165, 1.54) is 0 Å². The van der Waals surface area contributed by atoms with Gasteiger partial charge in [-0.1, -0.05) is 20.8 Å². The SMILES string of the molecule is CC.CCCNC1CCC(CC(=O)O)C1. The van der Waals surface area contributed by atoms with E-state index in [-0.39, 0.29) is 0 Å². The van der Waals surface area contributed by atoms with E-state index >= 15 is 0 Å². The number of carboxylic acid groups (broad SMARTS) is 1. The molecule has 0 aromatic rings. The summed E-state index contributed by atoms with van der Waals surface area (Å²) in [6, 6.07) is 0.573. The van der Waals surface area contributed by atoms with Crippen LogP contribution in [0.3, 0.4) is 0 Å². The molecule has 15 heavy (non-hydrogen) atoms. The van der Waals surface area contributed by atoms with Gasteiger partial charge in [0.2, 0.25) is 0 Å². The summed E-state index contributed by atoms with van der Waals surface area (Å²) in [4.78, 5) is 10.5. The van der Waals surface area contributed by atoms with Crippen molar-refractivity contribution in [3.63, 3.8) is 0 Å². The van der Waals surface area contributed by atoms with Gasteiger partial charge in [-0.05, 0) is 38.1 Å². The number of rotatable bonds is 5. The Kier molecular flexibility index (Phi) is 8.38. The highest BCUT2D eigenvalue weighted by Crippen LogP contribution is 2.27. The van der Waals surface area contributed by atoms with E-state index in [4.69, 9.17) is 5.11 Å². The molecule has 3 heteroatoms. The molecule has 0 heterocycles. The van der Waals surface area contributed by atoms with Gasteiger partial charge >= 0.3 is 5.97 Å². The highest BCUT2D eigenvalue weighted by molar-refractivity contribution is 5.67. The normalized spacial score (nSPS) is 24.5. The van der Waals surface area contributed by atoms with Crippen molar-refractivity contribution < 1.29 is 9.90 Å². The second kappa shape index (κ2) is 8.72. The predicted molar refractivity (Wildman–Crippen MR) is 63.0 cm³/mol. The highest BCUT2D eigenvalue weighted by atomic mass is 16.4. The van der Waals surface area contributed by atoms with Gasteiger partial charge in [-0.3, -0.25) is 4.79 Å². The van der Waals surface area contributed by atoms with Crippen molar-refractivity contribution in [3.05, 3.63) is 0 Å². The summed E-state index contributed by atoms with van der Waals surface area (Å²) < 4.78 is 0. The van der Waals surface area contributed by atoms with Crippen LogP contribution in [0.4, 0.5) is 0 Å². The third-order valence-electron chi connectivity index (χ3n) is 2.69. The first-order chi connectivity index (χ1) is 7.22. The van der Waals surface area contributed by atoms with Crippen molar-refractivity contribution in [2.24, 2.45) is 5.92 Å². The van der Waals surface area contributed by atoms with Gasteiger partial charge in [0.05, 0.1) is 0 Å². The Bertz CT molecular complexity index is 171. The van der Waals surface area contributed by atoms with E-state index in [0.29, 0.717) is 18.4 Å². The van der Waals surface area contributed by atoms with Gasteiger partial charge in [0, 0.05) is 12.5 Å². The van der Waals surface area contributed by atoms with Gasteiger partial charge in [-0.15, -0.1) is 0 Å². The largest absolute Gasteiger partial charge is 0.481 e. The second-order valence-electron chi connectivity index (χ2n) is 3.93. The van der Waals surface area contributed by atoms with Gasteiger partial charge in [0.25, 0.3) is 0 Å². The van der Waals surface area contributed by atoms with E-state index < -0.39 is 5.97 Å². The van der Waals surface area contributed by atoms with E-state index in [1.807, 2.05) is 13.8 Å². The molecule has 1 saturated carbocycles. The quantitative estimate of drug-likeness (QED) is 0.741. The molecule has 0 amide bonds. The van der Waals surface area contributed by atoms with Crippen LogP contribution in [0.2, 0.25) is 0 Å². The van der Waals surface area contributed by atoms with E-state index in [2.05, 4.69) is 12.2 Å². The van der Waals surface area contributed by atoms with E-state index in [9.17, 15) is 4.79 Å². The van der Waals surface area contributed by atoms with Crippen molar-refractivity contribution in [1.82, 2.24) is 5.32 Å². The number of carbonyl (C=O) groups is 1. The summed E-state index contributed by atoms with van der Waals surface area (Å²) in [6.07, 6.45) is 4.78. The molecule has 2 atom stereocenters. The topological polar surface area (TPSA) is 49.3 Å². The van der Waals surface area contributed by atoms with Crippen molar-refractivity contribution in [2.45, 2.75) is 58.9 Å². The Hall–Kier alpha value is -0.570. The van der Waals surface area contributed by atoms with Crippen LogP contribution in [0.1, 0.15) is 52.9 Å². The summed E-state index contributed by atoms with van der Waals surface area (Å²) >= 11 is 0. The molecule has 0 spiro atoms. The average Bonchev–Trinajstić information content (AvgIpc) is 2.65. The van der Waals surface area contributed by atoms with Crippen LogP contribution in [0.15, 0.2) is 0 Å². The molecule has 0 saturated heterocycles. The smallest absolute Gasteiger partial charge is 0.303 e. The predicted octanol–water partition coefficient (Wildman–Crippen LogP) is 2.66. The second-order valence-corrected chi connectivity index (χ2v) is 3.93. The minimum Gasteiger partial charge on any atom is -0.481 e. The Balaban J connectivity index is 0.000000921. The van der Waals surface area contributed by atoms with Crippen LogP contribution in [-0.2, 0) is 4.79 Å². The van der Waals surface area contributed by atoms with Crippen LogP contribution >= 0.6 is 0 Å². The van der Waals surface area contributed by atoms with E-state index in [0.717, 1.165) is 32.2 Å². The lowest BCUT2D eigenvalue weighted by Gasteiger charge is -2.11. The first kappa shape index (κ1) is 14.4. The van der Waals surface area contributed by atoms with E-state index in [1.54, 1.807) is 0 Å². The van der Waals surface area contributed by atoms with Crippen LogP contribution in [-0.4, -0.2) is 23.7 Å². The first-order valence-corrected chi connectivity index (χ1v) is 6.17. The molecule has 0 aromatic heterocycles. The summed E-state index contributed by atoms with van der Waals surface area (Å²) in [5.41, 5.74) is 0. The molecule has 1 aliphatic rings. The van der Waals surface area contributed by atoms with Crippen molar-refractivity contribution >= 4 is 5.97 Å². The van der Waals surface area contributed by atoms with Crippen LogP contribution in [0.5, 0.6) is 0 Å². The van der Waals surface area contributed by atoms with Gasteiger partial charge in [0.15, 0.2) is 0 Å². The number of carboxylic acids is 1. The number of nitrogens with one attached hydrogen (secondary N) is 1. The molecule has 2 unspecified atom stereocenters. The average molecular weight is 215 g/mol. The number of aliphatic carboxylic acids is 1. The van der Waals surface area contributed by atoms with Gasteiger partial charge in [-0.25, -0.2) is 0 Å². The van der Waals surface area contributed by atoms with Crippen LogP contribution in [0.25, 0.3) is 0 Å². The minimum atomic E-state index is -0.652. The highest BCUT2D eigenvalue weighted by Gasteiger charge is 2.25. The summed E-state index contributed by atoms with van der Waals surface area (Å²) in [5.74, 6) is -0.243. The molecule has 1 fully saturated rings. The van der Waals surface area contributed by atoms with Gasteiger partial charge in [-0.2, -0.15) is 0 Å². The molecule has 0 aromatic carbocycles. The zero-order chi connectivity index (χ0) is 11.7. The van der Waals surface area contributed by atoms with Crippen molar-refractivity contribution in [3.8, 4) is 0 Å². The molecule has 0 aliphatic heterocycles. The lowest BCUT2D eigenvalue weighted by molar-refractivity contribution is -0.138. The zero-order valence-corrected chi connectivity index (χ0v) is 10.3. The Morgan fingerprint density at radius 2 is 2.07 bits per heavy atom. The standard InChI is InChI=1S/C10H19NO2.C2H6/c1-2-5-11-9-4-3-8(6-9)7-10(12)13;1-2/h8-9,11H,2-7H2,1H3,(H,12,13);1-2H3. The summed E-state index contributed by atoms with van der Waals surface area (Å²) in [7, 11) is 0.